The van der Waals surface area contributed by atoms with Gasteiger partial charge in [-0.3, -0.25) is 0 Å². The van der Waals surface area contributed by atoms with Crippen LogP contribution in [0, 0.1) is 19.3 Å². The van der Waals surface area contributed by atoms with Gasteiger partial charge in [-0.1, -0.05) is 58.4 Å². The van der Waals surface area contributed by atoms with Crippen molar-refractivity contribution in [1.29, 1.82) is 0 Å². The van der Waals surface area contributed by atoms with Crippen LogP contribution in [0.5, 0.6) is 0 Å². The third-order valence-electron chi connectivity index (χ3n) is 2.89. The van der Waals surface area contributed by atoms with Gasteiger partial charge in [0.15, 0.2) is 0 Å². The monoisotopic (exact) mass is 217 g/mol. The molecule has 0 atom stereocenters. The fourth-order valence-electron chi connectivity index (χ4n) is 2.68. The molecular weight excluding hydrogens is 192 g/mol. The lowest BCUT2D eigenvalue weighted by Gasteiger charge is -2.33. The standard InChI is InChI=1S/C16H25/c1-12-8-13(2)10-14(9-12)16(6,7)11-15(3,4)5/h8-10H,1,11H2,2-7H3. The van der Waals surface area contributed by atoms with E-state index in [1.165, 1.54) is 17.5 Å². The molecule has 16 heavy (non-hydrogen) atoms. The minimum atomic E-state index is 0.219. The zero-order valence-electron chi connectivity index (χ0n) is 11.6. The van der Waals surface area contributed by atoms with E-state index in [4.69, 9.17) is 0 Å². The van der Waals surface area contributed by atoms with Gasteiger partial charge >= 0.3 is 0 Å². The fourth-order valence-corrected chi connectivity index (χ4v) is 2.68. The molecule has 0 aliphatic heterocycles. The predicted octanol–water partition coefficient (Wildman–Crippen LogP) is 4.89. The number of hydrogen-bond acceptors (Lipinski definition) is 0. The maximum absolute atomic E-state index is 4.05. The van der Waals surface area contributed by atoms with E-state index in [9.17, 15) is 0 Å². The molecule has 0 bridgehead atoms. The number of benzene rings is 1. The van der Waals surface area contributed by atoms with Gasteiger partial charge in [0.25, 0.3) is 0 Å². The van der Waals surface area contributed by atoms with Crippen molar-refractivity contribution in [2.75, 3.05) is 0 Å². The lowest BCUT2D eigenvalue weighted by Crippen LogP contribution is -2.25. The summed E-state index contributed by atoms with van der Waals surface area (Å²) < 4.78 is 0. The summed E-state index contributed by atoms with van der Waals surface area (Å²) >= 11 is 0. The Bertz CT molecular complexity index is 344. The van der Waals surface area contributed by atoms with E-state index in [1.807, 2.05) is 0 Å². The maximum Gasteiger partial charge on any atom is -0.00984 e. The number of aryl methyl sites for hydroxylation is 1. The van der Waals surface area contributed by atoms with E-state index in [-0.39, 0.29) is 5.41 Å². The Morgan fingerprint density at radius 3 is 2.00 bits per heavy atom. The zero-order chi connectivity index (χ0) is 12.6. The summed E-state index contributed by atoms with van der Waals surface area (Å²) in [4.78, 5) is 0. The molecule has 0 saturated carbocycles. The van der Waals surface area contributed by atoms with Gasteiger partial charge in [0.2, 0.25) is 0 Å². The SMILES string of the molecule is [CH2]c1cc(C)cc(C(C)(C)CC(C)(C)C)c1. The van der Waals surface area contributed by atoms with E-state index in [0.29, 0.717) is 5.41 Å². The first-order chi connectivity index (χ1) is 7.10. The molecule has 1 rings (SSSR count). The third kappa shape index (κ3) is 3.66. The smallest absolute Gasteiger partial charge is 0.00984 e. The summed E-state index contributed by atoms with van der Waals surface area (Å²) in [5.74, 6) is 0. The molecule has 0 N–H and O–H groups in total. The summed E-state index contributed by atoms with van der Waals surface area (Å²) in [5.41, 5.74) is 4.42. The van der Waals surface area contributed by atoms with E-state index in [1.54, 1.807) is 0 Å². The highest BCUT2D eigenvalue weighted by Crippen LogP contribution is 2.36. The van der Waals surface area contributed by atoms with Crippen LogP contribution in [0.1, 0.15) is 57.7 Å². The summed E-state index contributed by atoms with van der Waals surface area (Å²) in [5, 5.41) is 0. The third-order valence-corrected chi connectivity index (χ3v) is 2.89. The van der Waals surface area contributed by atoms with Crippen LogP contribution >= 0.6 is 0 Å². The van der Waals surface area contributed by atoms with E-state index >= 15 is 0 Å². The minimum absolute atomic E-state index is 0.219. The fraction of sp³-hybridized carbons (Fsp3) is 0.562. The summed E-state index contributed by atoms with van der Waals surface area (Å²) in [7, 11) is 0. The first-order valence-electron chi connectivity index (χ1n) is 6.04. The molecule has 0 amide bonds. The molecule has 0 saturated heterocycles. The Hall–Kier alpha value is -0.780. The topological polar surface area (TPSA) is 0 Å². The molecule has 0 aliphatic carbocycles. The van der Waals surface area contributed by atoms with Gasteiger partial charge in [-0.15, -0.1) is 0 Å². The molecule has 0 spiro atoms. The second kappa shape index (κ2) is 4.24. The van der Waals surface area contributed by atoms with Crippen LogP contribution in [-0.4, -0.2) is 0 Å². The first kappa shape index (κ1) is 13.3. The lowest BCUT2D eigenvalue weighted by atomic mass is 9.72. The Labute approximate surface area is 101 Å². The van der Waals surface area contributed by atoms with Crippen molar-refractivity contribution in [2.45, 2.75) is 53.4 Å². The molecule has 1 aromatic rings. The van der Waals surface area contributed by atoms with Crippen molar-refractivity contribution >= 4 is 0 Å². The maximum atomic E-state index is 4.05. The molecule has 0 unspecified atom stereocenters. The molecule has 0 heterocycles. The quantitative estimate of drug-likeness (QED) is 0.661. The average Bonchev–Trinajstić information content (AvgIpc) is 1.96. The summed E-state index contributed by atoms with van der Waals surface area (Å²) in [6, 6.07) is 6.65. The predicted molar refractivity (Wildman–Crippen MR) is 72.7 cm³/mol. The van der Waals surface area contributed by atoms with Gasteiger partial charge in [-0.05, 0) is 42.2 Å². The molecule has 89 valence electrons. The minimum Gasteiger partial charge on any atom is -0.0601 e. The van der Waals surface area contributed by atoms with Gasteiger partial charge in [0.05, 0.1) is 0 Å². The highest BCUT2D eigenvalue weighted by Gasteiger charge is 2.27. The second-order valence-corrected chi connectivity index (χ2v) is 6.83. The summed E-state index contributed by atoms with van der Waals surface area (Å²) in [6.07, 6.45) is 1.18. The number of rotatable bonds is 2. The van der Waals surface area contributed by atoms with E-state index in [0.717, 1.165) is 5.56 Å². The van der Waals surface area contributed by atoms with Crippen LogP contribution in [0.25, 0.3) is 0 Å². The molecule has 0 aromatic heterocycles. The van der Waals surface area contributed by atoms with Crippen LogP contribution < -0.4 is 0 Å². The molecule has 1 radical (unpaired) electrons. The van der Waals surface area contributed by atoms with Gasteiger partial charge < -0.3 is 0 Å². The zero-order valence-corrected chi connectivity index (χ0v) is 11.6. The van der Waals surface area contributed by atoms with Crippen LogP contribution in [-0.2, 0) is 5.41 Å². The van der Waals surface area contributed by atoms with Crippen molar-refractivity contribution in [3.8, 4) is 0 Å². The molecule has 0 heteroatoms. The van der Waals surface area contributed by atoms with Crippen molar-refractivity contribution in [1.82, 2.24) is 0 Å². The Kier molecular flexibility index (Phi) is 3.52. The lowest BCUT2D eigenvalue weighted by molar-refractivity contribution is 0.284. The average molecular weight is 217 g/mol. The normalized spacial score (nSPS) is 12.9. The molecular formula is C16H25. The van der Waals surface area contributed by atoms with Gasteiger partial charge in [-0.25, -0.2) is 0 Å². The van der Waals surface area contributed by atoms with Crippen LogP contribution in [0.3, 0.4) is 0 Å². The second-order valence-electron chi connectivity index (χ2n) is 6.83. The van der Waals surface area contributed by atoms with Crippen molar-refractivity contribution in [3.63, 3.8) is 0 Å². The number of hydrogen-bond donors (Lipinski definition) is 0. The summed E-state index contributed by atoms with van der Waals surface area (Å²) in [6.45, 7) is 17.8. The van der Waals surface area contributed by atoms with E-state index in [2.05, 4.69) is 66.7 Å². The largest absolute Gasteiger partial charge is 0.0601 e. The van der Waals surface area contributed by atoms with E-state index < -0.39 is 0 Å². The first-order valence-corrected chi connectivity index (χ1v) is 6.04. The Morgan fingerprint density at radius 2 is 1.56 bits per heavy atom. The van der Waals surface area contributed by atoms with Gasteiger partial charge in [0.1, 0.15) is 0 Å². The van der Waals surface area contributed by atoms with Crippen LogP contribution in [0.15, 0.2) is 18.2 Å². The van der Waals surface area contributed by atoms with Gasteiger partial charge in [0, 0.05) is 0 Å². The van der Waals surface area contributed by atoms with Crippen molar-refractivity contribution < 1.29 is 0 Å². The molecule has 0 fully saturated rings. The van der Waals surface area contributed by atoms with Crippen molar-refractivity contribution in [3.05, 3.63) is 41.8 Å². The van der Waals surface area contributed by atoms with Crippen LogP contribution in [0.4, 0.5) is 0 Å². The van der Waals surface area contributed by atoms with Crippen LogP contribution in [0.2, 0.25) is 0 Å². The van der Waals surface area contributed by atoms with Gasteiger partial charge in [-0.2, -0.15) is 0 Å². The van der Waals surface area contributed by atoms with Crippen molar-refractivity contribution in [2.24, 2.45) is 5.41 Å². The molecule has 0 nitrogen and oxygen atoms in total. The molecule has 1 aromatic carbocycles. The Morgan fingerprint density at radius 1 is 1.00 bits per heavy atom. The molecule has 0 aliphatic rings. The Balaban J connectivity index is 3.06. The highest BCUT2D eigenvalue weighted by atomic mass is 14.3. The highest BCUT2D eigenvalue weighted by molar-refractivity contribution is 5.35.